The maximum Gasteiger partial charge on any atom is 0.257 e. The molecule has 1 aromatic heterocycles. The minimum Gasteiger partial charge on any atom is -0.486 e. The monoisotopic (exact) mass is 391 g/mol. The Bertz CT molecular complexity index is 1050. The molecule has 29 heavy (non-hydrogen) atoms. The molecule has 1 amide bonds. The second-order valence-electron chi connectivity index (χ2n) is 6.97. The van der Waals surface area contributed by atoms with Crippen molar-refractivity contribution in [1.82, 2.24) is 14.9 Å². The first-order valence-corrected chi connectivity index (χ1v) is 9.71. The van der Waals surface area contributed by atoms with Crippen molar-refractivity contribution in [3.05, 3.63) is 53.9 Å². The summed E-state index contributed by atoms with van der Waals surface area (Å²) in [6.07, 6.45) is 1.85. The SMILES string of the molecule is O=C(/C(=C/c1ccc2c(c1)OCCO2)c1nc2ccccc2[nH]1)N1CCOCC1. The number of nitrogens with zero attached hydrogens (tertiary/aromatic N) is 2. The number of para-hydroxylation sites is 2. The van der Waals surface area contributed by atoms with Gasteiger partial charge in [-0.15, -0.1) is 0 Å². The third kappa shape index (κ3) is 3.56. The van der Waals surface area contributed by atoms with Crippen LogP contribution in [0.2, 0.25) is 0 Å². The molecule has 148 valence electrons. The van der Waals surface area contributed by atoms with Crippen LogP contribution in [0.3, 0.4) is 0 Å². The third-order valence-corrected chi connectivity index (χ3v) is 5.05. The number of ether oxygens (including phenoxy) is 3. The highest BCUT2D eigenvalue weighted by Gasteiger charge is 2.24. The zero-order valence-electron chi connectivity index (χ0n) is 15.9. The molecule has 0 spiro atoms. The second-order valence-corrected chi connectivity index (χ2v) is 6.97. The first-order chi connectivity index (χ1) is 14.3. The van der Waals surface area contributed by atoms with Crippen molar-refractivity contribution in [2.24, 2.45) is 0 Å². The third-order valence-electron chi connectivity index (χ3n) is 5.05. The lowest BCUT2D eigenvalue weighted by Crippen LogP contribution is -2.41. The molecule has 3 heterocycles. The highest BCUT2D eigenvalue weighted by Crippen LogP contribution is 2.32. The average molecular weight is 391 g/mol. The number of morpholine rings is 1. The summed E-state index contributed by atoms with van der Waals surface area (Å²) in [5.41, 5.74) is 3.08. The number of rotatable bonds is 3. The summed E-state index contributed by atoms with van der Waals surface area (Å²) in [5.74, 6) is 1.89. The van der Waals surface area contributed by atoms with Crippen molar-refractivity contribution < 1.29 is 19.0 Å². The molecular weight excluding hydrogens is 370 g/mol. The predicted octanol–water partition coefficient (Wildman–Crippen LogP) is 2.73. The highest BCUT2D eigenvalue weighted by molar-refractivity contribution is 6.23. The maximum absolute atomic E-state index is 13.4. The number of aromatic nitrogens is 2. The molecule has 5 rings (SSSR count). The molecule has 2 aliphatic heterocycles. The van der Waals surface area contributed by atoms with E-state index in [0.717, 1.165) is 22.3 Å². The van der Waals surface area contributed by atoms with Gasteiger partial charge in [-0.1, -0.05) is 18.2 Å². The molecule has 0 unspecified atom stereocenters. The molecule has 7 nitrogen and oxygen atoms in total. The molecule has 2 aromatic carbocycles. The normalized spacial score (nSPS) is 16.8. The topological polar surface area (TPSA) is 76.7 Å². The molecule has 3 aromatic rings. The fourth-order valence-electron chi connectivity index (χ4n) is 3.56. The molecular formula is C22H21N3O4. The van der Waals surface area contributed by atoms with Gasteiger partial charge in [0.05, 0.1) is 29.8 Å². The van der Waals surface area contributed by atoms with E-state index in [9.17, 15) is 4.79 Å². The first-order valence-electron chi connectivity index (χ1n) is 9.71. The van der Waals surface area contributed by atoms with Crippen LogP contribution in [0, 0.1) is 0 Å². The van der Waals surface area contributed by atoms with Crippen LogP contribution in [-0.4, -0.2) is 60.3 Å². The summed E-state index contributed by atoms with van der Waals surface area (Å²) in [6, 6.07) is 13.4. The molecule has 0 atom stereocenters. The van der Waals surface area contributed by atoms with E-state index in [1.807, 2.05) is 48.5 Å². The number of carbonyl (C=O) groups excluding carboxylic acids is 1. The van der Waals surface area contributed by atoms with Gasteiger partial charge in [0.15, 0.2) is 11.5 Å². The molecule has 1 N–H and O–H groups in total. The fourth-order valence-corrected chi connectivity index (χ4v) is 3.56. The molecule has 0 radical (unpaired) electrons. The van der Waals surface area contributed by atoms with Crippen LogP contribution in [0.1, 0.15) is 11.4 Å². The highest BCUT2D eigenvalue weighted by atomic mass is 16.6. The van der Waals surface area contributed by atoms with Gasteiger partial charge in [0.25, 0.3) is 5.91 Å². The fraction of sp³-hybridized carbons (Fsp3) is 0.273. The summed E-state index contributed by atoms with van der Waals surface area (Å²) < 4.78 is 16.7. The molecule has 2 aliphatic rings. The smallest absolute Gasteiger partial charge is 0.257 e. The van der Waals surface area contributed by atoms with E-state index < -0.39 is 0 Å². The van der Waals surface area contributed by atoms with Crippen LogP contribution in [0.4, 0.5) is 0 Å². The lowest BCUT2D eigenvalue weighted by atomic mass is 10.1. The van der Waals surface area contributed by atoms with Crippen molar-refractivity contribution >= 4 is 28.6 Å². The van der Waals surface area contributed by atoms with Crippen LogP contribution in [-0.2, 0) is 9.53 Å². The molecule has 0 saturated carbocycles. The number of carbonyl (C=O) groups is 1. The maximum atomic E-state index is 13.4. The zero-order valence-corrected chi connectivity index (χ0v) is 15.9. The summed E-state index contributed by atoms with van der Waals surface area (Å²) in [5, 5.41) is 0. The molecule has 1 fully saturated rings. The molecule has 0 aliphatic carbocycles. The Kier molecular flexibility index (Phi) is 4.65. The second kappa shape index (κ2) is 7.60. The number of benzene rings is 2. The number of amides is 1. The molecule has 0 bridgehead atoms. The summed E-state index contributed by atoms with van der Waals surface area (Å²) in [4.78, 5) is 23.1. The number of hydrogen-bond donors (Lipinski definition) is 1. The van der Waals surface area contributed by atoms with E-state index in [1.165, 1.54) is 0 Å². The summed E-state index contributed by atoms with van der Waals surface area (Å²) in [6.45, 7) is 3.28. The lowest BCUT2D eigenvalue weighted by Gasteiger charge is -2.27. The number of fused-ring (bicyclic) bond motifs is 2. The van der Waals surface area contributed by atoms with Gasteiger partial charge < -0.3 is 24.1 Å². The van der Waals surface area contributed by atoms with Crippen molar-refractivity contribution in [2.75, 3.05) is 39.5 Å². The Morgan fingerprint density at radius 2 is 1.79 bits per heavy atom. The molecule has 7 heteroatoms. The largest absolute Gasteiger partial charge is 0.486 e. The van der Waals surface area contributed by atoms with Crippen LogP contribution in [0.15, 0.2) is 42.5 Å². The van der Waals surface area contributed by atoms with E-state index in [-0.39, 0.29) is 5.91 Å². The van der Waals surface area contributed by atoms with Crippen LogP contribution >= 0.6 is 0 Å². The number of imidazole rings is 1. The Morgan fingerprint density at radius 1 is 1.00 bits per heavy atom. The van der Waals surface area contributed by atoms with Gasteiger partial charge in [-0.25, -0.2) is 4.98 Å². The number of H-pyrrole nitrogens is 1. The lowest BCUT2D eigenvalue weighted by molar-refractivity contribution is -0.128. The number of aromatic amines is 1. The van der Waals surface area contributed by atoms with E-state index in [2.05, 4.69) is 9.97 Å². The molecule has 1 saturated heterocycles. The average Bonchev–Trinajstić information content (AvgIpc) is 3.21. The van der Waals surface area contributed by atoms with Crippen LogP contribution in [0.5, 0.6) is 11.5 Å². The zero-order chi connectivity index (χ0) is 19.6. The quantitative estimate of drug-likeness (QED) is 0.695. The Morgan fingerprint density at radius 3 is 2.62 bits per heavy atom. The van der Waals surface area contributed by atoms with E-state index in [4.69, 9.17) is 14.2 Å². The van der Waals surface area contributed by atoms with Gasteiger partial charge >= 0.3 is 0 Å². The van der Waals surface area contributed by atoms with Crippen molar-refractivity contribution in [1.29, 1.82) is 0 Å². The van der Waals surface area contributed by atoms with Crippen molar-refractivity contribution in [2.45, 2.75) is 0 Å². The van der Waals surface area contributed by atoms with Gasteiger partial charge in [-0.05, 0) is 35.9 Å². The van der Waals surface area contributed by atoms with Crippen molar-refractivity contribution in [3.8, 4) is 11.5 Å². The Balaban J connectivity index is 1.57. The van der Waals surface area contributed by atoms with E-state index >= 15 is 0 Å². The Labute approximate surface area is 167 Å². The first kappa shape index (κ1) is 17.8. The van der Waals surface area contributed by atoms with E-state index in [0.29, 0.717) is 56.7 Å². The van der Waals surface area contributed by atoms with Gasteiger partial charge in [-0.2, -0.15) is 0 Å². The van der Waals surface area contributed by atoms with Gasteiger partial charge in [-0.3, -0.25) is 4.79 Å². The van der Waals surface area contributed by atoms with Gasteiger partial charge in [0.2, 0.25) is 0 Å². The van der Waals surface area contributed by atoms with Gasteiger partial charge in [0, 0.05) is 13.1 Å². The predicted molar refractivity (Wildman–Crippen MR) is 109 cm³/mol. The van der Waals surface area contributed by atoms with Crippen molar-refractivity contribution in [3.63, 3.8) is 0 Å². The van der Waals surface area contributed by atoms with Crippen LogP contribution < -0.4 is 9.47 Å². The van der Waals surface area contributed by atoms with Crippen LogP contribution in [0.25, 0.3) is 22.7 Å². The summed E-state index contributed by atoms with van der Waals surface area (Å²) in [7, 11) is 0. The minimum atomic E-state index is -0.0674. The Hall–Kier alpha value is -3.32. The van der Waals surface area contributed by atoms with Gasteiger partial charge in [0.1, 0.15) is 19.0 Å². The number of nitrogens with one attached hydrogen (secondary N) is 1. The summed E-state index contributed by atoms with van der Waals surface area (Å²) >= 11 is 0. The number of hydrogen-bond acceptors (Lipinski definition) is 5. The van der Waals surface area contributed by atoms with E-state index in [1.54, 1.807) is 4.90 Å². The standard InChI is InChI=1S/C22H21N3O4/c26-22(25-7-9-27-10-8-25)16(21-23-17-3-1-2-4-18(17)24-21)13-15-5-6-19-20(14-15)29-12-11-28-19/h1-6,13-14H,7-12H2,(H,23,24)/b16-13+. The minimum absolute atomic E-state index is 0.0674.